The summed E-state index contributed by atoms with van der Waals surface area (Å²) in [5.41, 5.74) is 1.73. The summed E-state index contributed by atoms with van der Waals surface area (Å²) in [5.74, 6) is 2.11. The van der Waals surface area contributed by atoms with Crippen molar-refractivity contribution in [3.8, 4) is 17.2 Å². The number of nitrogens with zero attached hydrogens (tertiary/aromatic N) is 2. The molecule has 9 heteroatoms. The second kappa shape index (κ2) is 11.4. The number of nitrogens with one attached hydrogen (secondary N) is 2. The summed E-state index contributed by atoms with van der Waals surface area (Å²) in [6, 6.07) is 16.0. The lowest BCUT2D eigenvalue weighted by Gasteiger charge is -2.32. The highest BCUT2D eigenvalue weighted by Gasteiger charge is 2.26. The Morgan fingerprint density at radius 3 is 2.25 bits per heavy atom. The van der Waals surface area contributed by atoms with Gasteiger partial charge in [-0.2, -0.15) is 0 Å². The molecule has 0 unspecified atom stereocenters. The lowest BCUT2D eigenvalue weighted by atomic mass is 9.95. The molecule has 3 aromatic rings. The van der Waals surface area contributed by atoms with Crippen molar-refractivity contribution in [1.29, 1.82) is 0 Å². The average molecular weight is 491 g/mol. The van der Waals surface area contributed by atoms with Gasteiger partial charge in [0.1, 0.15) is 23.1 Å². The number of pyridine rings is 1. The quantitative estimate of drug-likeness (QED) is 0.488. The van der Waals surface area contributed by atoms with Crippen molar-refractivity contribution in [2.75, 3.05) is 50.0 Å². The Balaban J connectivity index is 1.36. The number of para-hydroxylation sites is 2. The van der Waals surface area contributed by atoms with E-state index in [1.165, 1.54) is 0 Å². The van der Waals surface area contributed by atoms with Gasteiger partial charge in [0.15, 0.2) is 0 Å². The van der Waals surface area contributed by atoms with Gasteiger partial charge in [0.05, 0.1) is 27.0 Å². The van der Waals surface area contributed by atoms with Crippen LogP contribution in [0.15, 0.2) is 60.8 Å². The second-order valence-corrected chi connectivity index (χ2v) is 8.41. The van der Waals surface area contributed by atoms with Crippen LogP contribution < -0.4 is 29.7 Å². The number of carbonyl (C=O) groups excluding carboxylic acids is 2. The molecule has 1 fully saturated rings. The monoisotopic (exact) mass is 490 g/mol. The predicted octanol–water partition coefficient (Wildman–Crippen LogP) is 4.21. The van der Waals surface area contributed by atoms with Crippen molar-refractivity contribution < 1.29 is 23.8 Å². The first-order valence-electron chi connectivity index (χ1n) is 11.7. The number of anilines is 3. The van der Waals surface area contributed by atoms with Gasteiger partial charge in [0.2, 0.25) is 5.91 Å². The zero-order valence-electron chi connectivity index (χ0n) is 20.6. The summed E-state index contributed by atoms with van der Waals surface area (Å²) < 4.78 is 15.9. The second-order valence-electron chi connectivity index (χ2n) is 8.41. The van der Waals surface area contributed by atoms with Crippen LogP contribution in [-0.2, 0) is 4.79 Å². The number of methoxy groups -OCH3 is 3. The Morgan fingerprint density at radius 2 is 1.58 bits per heavy atom. The maximum absolute atomic E-state index is 12.9. The number of benzene rings is 2. The van der Waals surface area contributed by atoms with Gasteiger partial charge < -0.3 is 29.7 Å². The lowest BCUT2D eigenvalue weighted by Crippen LogP contribution is -2.38. The molecule has 36 heavy (non-hydrogen) atoms. The fourth-order valence-electron chi connectivity index (χ4n) is 4.17. The topological polar surface area (TPSA) is 102 Å². The van der Waals surface area contributed by atoms with E-state index in [2.05, 4.69) is 20.5 Å². The standard InChI is InChI=1S/C27H30N4O5/c1-34-21-15-20(16-22(17-21)35-2)29-26(32)18-9-12-31(13-10-18)25-14-19(8-11-28-25)27(33)30-23-6-4-5-7-24(23)36-3/h4-8,11,14-18H,9-10,12-13H2,1-3H3,(H,29,32)(H,30,33). The summed E-state index contributed by atoms with van der Waals surface area (Å²) in [6.07, 6.45) is 2.97. The number of ether oxygens (including phenoxy) is 3. The minimum Gasteiger partial charge on any atom is -0.497 e. The van der Waals surface area contributed by atoms with Crippen molar-refractivity contribution >= 4 is 29.0 Å². The Hall–Kier alpha value is -4.27. The number of piperidine rings is 1. The van der Waals surface area contributed by atoms with Crippen molar-refractivity contribution in [2.45, 2.75) is 12.8 Å². The van der Waals surface area contributed by atoms with Crippen molar-refractivity contribution in [2.24, 2.45) is 5.92 Å². The Kier molecular flexibility index (Phi) is 7.89. The zero-order chi connectivity index (χ0) is 25.5. The molecule has 4 rings (SSSR count). The first-order chi connectivity index (χ1) is 17.5. The van der Waals surface area contributed by atoms with Gasteiger partial charge in [-0.25, -0.2) is 4.98 Å². The Labute approximate surface area is 210 Å². The molecule has 188 valence electrons. The molecule has 0 bridgehead atoms. The highest BCUT2D eigenvalue weighted by atomic mass is 16.5. The fourth-order valence-corrected chi connectivity index (χ4v) is 4.17. The molecule has 1 aliphatic rings. The number of rotatable bonds is 8. The third-order valence-electron chi connectivity index (χ3n) is 6.17. The van der Waals surface area contributed by atoms with E-state index in [1.807, 2.05) is 12.1 Å². The van der Waals surface area contributed by atoms with Crippen LogP contribution in [0.2, 0.25) is 0 Å². The van der Waals surface area contributed by atoms with E-state index in [0.717, 1.165) is 0 Å². The first kappa shape index (κ1) is 24.8. The van der Waals surface area contributed by atoms with Gasteiger partial charge in [0, 0.05) is 54.7 Å². The average Bonchev–Trinajstić information content (AvgIpc) is 2.93. The van der Waals surface area contributed by atoms with Crippen molar-refractivity contribution in [3.63, 3.8) is 0 Å². The molecule has 2 amide bonds. The first-order valence-corrected chi connectivity index (χ1v) is 11.7. The molecule has 0 atom stereocenters. The number of hydrogen-bond donors (Lipinski definition) is 2. The molecule has 0 radical (unpaired) electrons. The zero-order valence-corrected chi connectivity index (χ0v) is 20.6. The molecule has 0 aliphatic carbocycles. The van der Waals surface area contributed by atoms with Crippen LogP contribution in [0.25, 0.3) is 0 Å². The van der Waals surface area contributed by atoms with Gasteiger partial charge in [0.25, 0.3) is 5.91 Å². The molecule has 1 aromatic heterocycles. The highest BCUT2D eigenvalue weighted by molar-refractivity contribution is 6.05. The summed E-state index contributed by atoms with van der Waals surface area (Å²) in [5, 5.41) is 5.86. The van der Waals surface area contributed by atoms with E-state index in [1.54, 1.807) is 70.0 Å². The molecular weight excluding hydrogens is 460 g/mol. The predicted molar refractivity (Wildman–Crippen MR) is 138 cm³/mol. The molecule has 9 nitrogen and oxygen atoms in total. The number of amides is 2. The fraction of sp³-hybridized carbons (Fsp3) is 0.296. The van der Waals surface area contributed by atoms with Gasteiger partial charge in [-0.1, -0.05) is 12.1 Å². The van der Waals surface area contributed by atoms with Crippen molar-refractivity contribution in [3.05, 3.63) is 66.4 Å². The minimum atomic E-state index is -0.244. The lowest BCUT2D eigenvalue weighted by molar-refractivity contribution is -0.120. The van der Waals surface area contributed by atoms with Crippen LogP contribution in [0, 0.1) is 5.92 Å². The molecule has 2 aromatic carbocycles. The largest absolute Gasteiger partial charge is 0.497 e. The number of hydrogen-bond acceptors (Lipinski definition) is 7. The maximum atomic E-state index is 12.9. The van der Waals surface area contributed by atoms with Crippen LogP contribution in [0.3, 0.4) is 0 Å². The van der Waals surface area contributed by atoms with E-state index in [-0.39, 0.29) is 17.7 Å². The van der Waals surface area contributed by atoms with Crippen LogP contribution in [0.4, 0.5) is 17.2 Å². The summed E-state index contributed by atoms with van der Waals surface area (Å²) in [4.78, 5) is 32.3. The van der Waals surface area contributed by atoms with E-state index < -0.39 is 0 Å². The molecule has 2 N–H and O–H groups in total. The number of carbonyl (C=O) groups is 2. The van der Waals surface area contributed by atoms with E-state index in [0.29, 0.717) is 65.9 Å². The Bertz CT molecular complexity index is 1200. The molecule has 1 saturated heterocycles. The molecule has 0 saturated carbocycles. The molecule has 0 spiro atoms. The summed E-state index contributed by atoms with van der Waals surface area (Å²) >= 11 is 0. The number of aromatic nitrogens is 1. The van der Waals surface area contributed by atoms with E-state index in [9.17, 15) is 9.59 Å². The van der Waals surface area contributed by atoms with Crippen LogP contribution in [0.5, 0.6) is 17.2 Å². The van der Waals surface area contributed by atoms with Gasteiger partial charge in [-0.05, 0) is 37.1 Å². The minimum absolute atomic E-state index is 0.0390. The van der Waals surface area contributed by atoms with Gasteiger partial charge >= 0.3 is 0 Å². The third-order valence-corrected chi connectivity index (χ3v) is 6.17. The Morgan fingerprint density at radius 1 is 0.889 bits per heavy atom. The van der Waals surface area contributed by atoms with Crippen LogP contribution in [-0.4, -0.2) is 51.2 Å². The highest BCUT2D eigenvalue weighted by Crippen LogP contribution is 2.28. The van der Waals surface area contributed by atoms with E-state index >= 15 is 0 Å². The van der Waals surface area contributed by atoms with Gasteiger partial charge in [-0.3, -0.25) is 9.59 Å². The SMILES string of the molecule is COc1cc(NC(=O)C2CCN(c3cc(C(=O)Nc4ccccc4OC)ccn3)CC2)cc(OC)c1. The normalized spacial score (nSPS) is 13.6. The van der Waals surface area contributed by atoms with Gasteiger partial charge in [-0.15, -0.1) is 0 Å². The molecule has 1 aliphatic heterocycles. The van der Waals surface area contributed by atoms with Crippen LogP contribution in [0.1, 0.15) is 23.2 Å². The summed E-state index contributed by atoms with van der Waals surface area (Å²) in [6.45, 7) is 1.31. The smallest absolute Gasteiger partial charge is 0.255 e. The molecular formula is C27H30N4O5. The third kappa shape index (κ3) is 5.86. The van der Waals surface area contributed by atoms with E-state index in [4.69, 9.17) is 14.2 Å². The van der Waals surface area contributed by atoms with Crippen LogP contribution >= 0.6 is 0 Å². The summed E-state index contributed by atoms with van der Waals surface area (Å²) in [7, 11) is 4.70. The van der Waals surface area contributed by atoms with Crippen molar-refractivity contribution in [1.82, 2.24) is 4.98 Å². The molecule has 2 heterocycles. The maximum Gasteiger partial charge on any atom is 0.255 e.